The summed E-state index contributed by atoms with van der Waals surface area (Å²) in [7, 11) is 0. The molecule has 2 aromatic carbocycles. The maximum Gasteiger partial charge on any atom is 0.335 e. The van der Waals surface area contributed by atoms with Gasteiger partial charge in [0.2, 0.25) is 0 Å². The molecule has 7 nitrogen and oxygen atoms in total. The van der Waals surface area contributed by atoms with Crippen LogP contribution < -0.4 is 9.47 Å². The van der Waals surface area contributed by atoms with Crippen LogP contribution in [0.2, 0.25) is 0 Å². The fourth-order valence-corrected chi connectivity index (χ4v) is 5.79. The second-order valence-corrected chi connectivity index (χ2v) is 9.98. The lowest BCUT2D eigenvalue weighted by atomic mass is 9.81. The third kappa shape index (κ3) is 4.55. The first-order valence-electron chi connectivity index (χ1n) is 13.0. The van der Waals surface area contributed by atoms with E-state index in [-0.39, 0.29) is 12.2 Å². The summed E-state index contributed by atoms with van der Waals surface area (Å²) in [6.45, 7) is 0.806. The van der Waals surface area contributed by atoms with E-state index in [4.69, 9.17) is 9.47 Å². The predicted molar refractivity (Wildman–Crippen MR) is 140 cm³/mol. The first-order valence-corrected chi connectivity index (χ1v) is 13.0. The Morgan fingerprint density at radius 1 is 1.08 bits per heavy atom. The average Bonchev–Trinajstić information content (AvgIpc) is 3.23. The molecule has 0 unspecified atom stereocenters. The Morgan fingerprint density at radius 3 is 2.73 bits per heavy atom. The van der Waals surface area contributed by atoms with Crippen molar-refractivity contribution in [1.29, 1.82) is 0 Å². The maximum atomic E-state index is 11.8. The Morgan fingerprint density at radius 2 is 1.95 bits per heavy atom. The largest absolute Gasteiger partial charge is 0.490 e. The molecule has 1 aliphatic heterocycles. The van der Waals surface area contributed by atoms with E-state index >= 15 is 0 Å². The number of benzene rings is 2. The standard InChI is InChI=1S/C30H30N2O5/c33-22-16-32-26-14-20(30(34)35)9-11-24(26)28(19-6-2-1-3-7-19)29(32)25-12-10-23(15-27(25)37-18-22)36-17-21-8-4-5-13-31-21/h4-5,8-15,19,22,33H,1-3,6-7,16-18H2,(H,34,35)/t22-/m0/s1. The van der Waals surface area contributed by atoms with E-state index in [1.807, 2.05) is 42.5 Å². The molecule has 37 heavy (non-hydrogen) atoms. The van der Waals surface area contributed by atoms with Crippen molar-refractivity contribution < 1.29 is 24.5 Å². The molecule has 4 aromatic rings. The minimum atomic E-state index is -0.957. The van der Waals surface area contributed by atoms with Gasteiger partial charge in [-0.1, -0.05) is 31.4 Å². The van der Waals surface area contributed by atoms with Crippen LogP contribution in [0.1, 0.15) is 59.6 Å². The Labute approximate surface area is 215 Å². The molecule has 2 aromatic heterocycles. The van der Waals surface area contributed by atoms with Crippen LogP contribution in [-0.4, -0.2) is 38.4 Å². The molecule has 0 radical (unpaired) electrons. The van der Waals surface area contributed by atoms with Gasteiger partial charge in [-0.05, 0) is 60.7 Å². The van der Waals surface area contributed by atoms with Gasteiger partial charge in [0.1, 0.15) is 30.8 Å². The highest BCUT2D eigenvalue weighted by atomic mass is 16.5. The smallest absolute Gasteiger partial charge is 0.335 e. The Kier molecular flexibility index (Phi) is 6.30. The van der Waals surface area contributed by atoms with E-state index < -0.39 is 12.1 Å². The van der Waals surface area contributed by atoms with Crippen molar-refractivity contribution in [3.63, 3.8) is 0 Å². The first-order chi connectivity index (χ1) is 18.1. The van der Waals surface area contributed by atoms with Gasteiger partial charge in [0, 0.05) is 28.7 Å². The highest BCUT2D eigenvalue weighted by molar-refractivity contribution is 5.98. The van der Waals surface area contributed by atoms with Gasteiger partial charge in [0.15, 0.2) is 0 Å². The molecule has 2 N–H and O–H groups in total. The van der Waals surface area contributed by atoms with Crippen LogP contribution in [0.15, 0.2) is 60.8 Å². The molecule has 6 rings (SSSR count). The van der Waals surface area contributed by atoms with Crippen molar-refractivity contribution >= 4 is 16.9 Å². The molecule has 0 saturated heterocycles. The van der Waals surface area contributed by atoms with Crippen molar-refractivity contribution in [2.75, 3.05) is 6.61 Å². The van der Waals surface area contributed by atoms with Crippen LogP contribution in [-0.2, 0) is 13.2 Å². The van der Waals surface area contributed by atoms with E-state index in [1.165, 1.54) is 24.8 Å². The lowest BCUT2D eigenvalue weighted by Gasteiger charge is -2.27. The van der Waals surface area contributed by atoms with Crippen LogP contribution in [0.5, 0.6) is 11.5 Å². The highest BCUT2D eigenvalue weighted by Gasteiger charge is 2.30. The summed E-state index contributed by atoms with van der Waals surface area (Å²) < 4.78 is 14.3. The lowest BCUT2D eigenvalue weighted by Crippen LogP contribution is -2.26. The zero-order valence-electron chi connectivity index (χ0n) is 20.6. The van der Waals surface area contributed by atoms with Gasteiger partial charge in [0.05, 0.1) is 23.5 Å². The molecule has 7 heteroatoms. The topological polar surface area (TPSA) is 93.8 Å². The fourth-order valence-electron chi connectivity index (χ4n) is 5.79. The zero-order chi connectivity index (χ0) is 25.4. The second-order valence-electron chi connectivity index (χ2n) is 9.98. The molecule has 0 spiro atoms. The van der Waals surface area contributed by atoms with Crippen molar-refractivity contribution in [3.8, 4) is 22.8 Å². The van der Waals surface area contributed by atoms with E-state index in [2.05, 4.69) is 9.55 Å². The molecule has 0 bridgehead atoms. The molecule has 190 valence electrons. The maximum absolute atomic E-state index is 11.8. The lowest BCUT2D eigenvalue weighted by molar-refractivity contribution is 0.0697. The number of nitrogens with zero attached hydrogens (tertiary/aromatic N) is 2. The molecule has 2 aliphatic rings. The number of ether oxygens (including phenoxy) is 2. The Bertz CT molecular complexity index is 1440. The van der Waals surface area contributed by atoms with E-state index in [9.17, 15) is 15.0 Å². The predicted octanol–water partition coefficient (Wildman–Crippen LogP) is 5.78. The molecule has 0 amide bonds. The van der Waals surface area contributed by atoms with Crippen molar-refractivity contribution in [3.05, 3.63) is 77.6 Å². The summed E-state index contributed by atoms with van der Waals surface area (Å²) in [6, 6.07) is 16.9. The second kappa shape index (κ2) is 9.90. The van der Waals surface area contributed by atoms with Gasteiger partial charge in [0.25, 0.3) is 0 Å². The van der Waals surface area contributed by atoms with Gasteiger partial charge in [-0.2, -0.15) is 0 Å². The summed E-state index contributed by atoms with van der Waals surface area (Å²) in [5.74, 6) is 0.723. The quantitative estimate of drug-likeness (QED) is 0.362. The van der Waals surface area contributed by atoms with Crippen molar-refractivity contribution in [2.24, 2.45) is 0 Å². The summed E-state index contributed by atoms with van der Waals surface area (Å²) >= 11 is 0. The molecular weight excluding hydrogens is 468 g/mol. The number of carboxylic acid groups (broad SMARTS) is 1. The van der Waals surface area contributed by atoms with Gasteiger partial charge in [-0.15, -0.1) is 0 Å². The number of hydrogen-bond acceptors (Lipinski definition) is 5. The van der Waals surface area contributed by atoms with Gasteiger partial charge in [-0.3, -0.25) is 4.98 Å². The van der Waals surface area contributed by atoms with Gasteiger partial charge in [-0.25, -0.2) is 4.79 Å². The molecule has 3 heterocycles. The van der Waals surface area contributed by atoms with Crippen molar-refractivity contribution in [2.45, 2.75) is 57.3 Å². The van der Waals surface area contributed by atoms with Crippen molar-refractivity contribution in [1.82, 2.24) is 9.55 Å². The van der Waals surface area contributed by atoms with E-state index in [0.717, 1.165) is 40.7 Å². The number of hydrogen-bond donors (Lipinski definition) is 2. The Balaban J connectivity index is 1.50. The fraction of sp³-hybridized carbons (Fsp3) is 0.333. The summed E-state index contributed by atoms with van der Waals surface area (Å²) in [5.41, 5.74) is 5.10. The van der Waals surface area contributed by atoms with Crippen LogP contribution in [0, 0.1) is 0 Å². The number of carbonyl (C=O) groups is 1. The molecule has 1 aliphatic carbocycles. The average molecular weight is 499 g/mol. The number of fused-ring (bicyclic) bond motifs is 5. The van der Waals surface area contributed by atoms with Gasteiger partial charge < -0.3 is 24.3 Å². The summed E-state index contributed by atoms with van der Waals surface area (Å²) in [5, 5.41) is 21.6. The molecule has 1 fully saturated rings. The number of aromatic carboxylic acids is 1. The highest BCUT2D eigenvalue weighted by Crippen LogP contribution is 2.47. The van der Waals surface area contributed by atoms with Crippen LogP contribution >= 0.6 is 0 Å². The zero-order valence-corrected chi connectivity index (χ0v) is 20.6. The number of rotatable bonds is 5. The van der Waals surface area contributed by atoms with E-state index in [0.29, 0.717) is 30.6 Å². The summed E-state index contributed by atoms with van der Waals surface area (Å²) in [4.78, 5) is 16.1. The number of aliphatic hydroxyl groups is 1. The number of aromatic nitrogens is 2. The third-order valence-corrected chi connectivity index (χ3v) is 7.51. The molecule has 1 atom stereocenters. The molecular formula is C30H30N2O5. The third-order valence-electron chi connectivity index (χ3n) is 7.51. The Hall–Kier alpha value is -3.84. The number of carboxylic acids is 1. The molecule has 1 saturated carbocycles. The number of aliphatic hydroxyl groups excluding tert-OH is 1. The van der Waals surface area contributed by atoms with Crippen LogP contribution in [0.3, 0.4) is 0 Å². The first kappa shape index (κ1) is 23.6. The minimum absolute atomic E-state index is 0.132. The SMILES string of the molecule is O=C(O)c1ccc2c(C3CCCCC3)c3n(c2c1)C[C@H](O)COc1cc(OCc2ccccn2)ccc1-3. The summed E-state index contributed by atoms with van der Waals surface area (Å²) in [6.07, 6.45) is 6.78. The normalized spacial score (nSPS) is 17.8. The number of pyridine rings is 1. The van der Waals surface area contributed by atoms with Gasteiger partial charge >= 0.3 is 5.97 Å². The minimum Gasteiger partial charge on any atom is -0.490 e. The monoisotopic (exact) mass is 498 g/mol. The van der Waals surface area contributed by atoms with E-state index in [1.54, 1.807) is 18.3 Å². The van der Waals surface area contributed by atoms with Crippen LogP contribution in [0.25, 0.3) is 22.2 Å². The van der Waals surface area contributed by atoms with Crippen LogP contribution in [0.4, 0.5) is 0 Å².